The number of thioether (sulfide) groups is 1. The number of amides is 2. The molecule has 2 aromatic rings. The number of carbonyl (C=O) groups excluding carboxylic acids is 2. The molecular weight excluding hydrogens is 350 g/mol. The summed E-state index contributed by atoms with van der Waals surface area (Å²) in [6.45, 7) is 0. The molecule has 2 amide bonds. The second-order valence-electron chi connectivity index (χ2n) is 5.33. The lowest BCUT2D eigenvalue weighted by Gasteiger charge is -2.18. The van der Waals surface area contributed by atoms with E-state index < -0.39 is 5.91 Å². The second kappa shape index (κ2) is 7.76. The Morgan fingerprint density at radius 3 is 2.69 bits per heavy atom. The molecule has 3 rings (SSSR count). The lowest BCUT2D eigenvalue weighted by Crippen LogP contribution is -2.26. The van der Waals surface area contributed by atoms with E-state index in [0.717, 1.165) is 0 Å². The molecule has 1 fully saturated rings. The van der Waals surface area contributed by atoms with Gasteiger partial charge in [-0.2, -0.15) is 5.26 Å². The van der Waals surface area contributed by atoms with E-state index in [-0.39, 0.29) is 17.2 Å². The average molecular weight is 365 g/mol. The Hall–Kier alpha value is -3.24. The maximum Gasteiger partial charge on any atom is 0.269 e. The maximum atomic E-state index is 12.6. The number of nitriles is 1. The van der Waals surface area contributed by atoms with Crippen LogP contribution in [0.25, 0.3) is 0 Å². The zero-order chi connectivity index (χ0) is 18.5. The number of methoxy groups -OCH3 is 1. The highest BCUT2D eigenvalue weighted by molar-refractivity contribution is 8.04. The Labute approximate surface area is 155 Å². The molecule has 1 heterocycles. The normalized spacial score (nSPS) is 15.4. The highest BCUT2D eigenvalue weighted by Crippen LogP contribution is 2.36. The van der Waals surface area contributed by atoms with Crippen LogP contribution in [0, 0.1) is 11.3 Å². The Bertz CT molecular complexity index is 919. The lowest BCUT2D eigenvalue weighted by atomic mass is 10.2. The Balaban J connectivity index is 1.94. The summed E-state index contributed by atoms with van der Waals surface area (Å²) in [4.78, 5) is 26.3. The minimum atomic E-state index is -0.570. The van der Waals surface area contributed by atoms with E-state index in [1.807, 2.05) is 12.1 Å². The zero-order valence-corrected chi connectivity index (χ0v) is 14.7. The minimum Gasteiger partial charge on any atom is -0.497 e. The van der Waals surface area contributed by atoms with Gasteiger partial charge in [0, 0.05) is 17.4 Å². The predicted octanol–water partition coefficient (Wildman–Crippen LogP) is 3.15. The molecular formula is C19H15N3O3S. The van der Waals surface area contributed by atoms with Crippen LogP contribution in [0.2, 0.25) is 0 Å². The van der Waals surface area contributed by atoms with E-state index in [1.54, 1.807) is 48.5 Å². The number of ether oxygens (including phenoxy) is 1. The van der Waals surface area contributed by atoms with Gasteiger partial charge >= 0.3 is 0 Å². The first-order chi connectivity index (χ1) is 12.6. The van der Waals surface area contributed by atoms with Crippen molar-refractivity contribution in [2.75, 3.05) is 23.1 Å². The van der Waals surface area contributed by atoms with E-state index in [4.69, 9.17) is 4.74 Å². The van der Waals surface area contributed by atoms with E-state index in [9.17, 15) is 14.9 Å². The minimum absolute atomic E-state index is 0.104. The molecule has 1 saturated heterocycles. The molecule has 0 atom stereocenters. The van der Waals surface area contributed by atoms with Crippen molar-refractivity contribution in [2.45, 2.75) is 0 Å². The van der Waals surface area contributed by atoms with Gasteiger partial charge in [0.25, 0.3) is 5.91 Å². The number of nitrogens with one attached hydrogen (secondary N) is 1. The molecule has 26 heavy (non-hydrogen) atoms. The standard InChI is InChI=1S/C19H15N3O3S/c1-25-15-9-5-6-13(10-15)21-18(24)16(11-20)19-22(17(23)12-26-19)14-7-3-2-4-8-14/h2-10H,12H2,1H3,(H,21,24)/b19-16+. The van der Waals surface area contributed by atoms with Crippen LogP contribution in [0.4, 0.5) is 11.4 Å². The number of anilines is 2. The maximum absolute atomic E-state index is 12.6. The third-order valence-corrected chi connectivity index (χ3v) is 4.73. The van der Waals surface area contributed by atoms with E-state index in [2.05, 4.69) is 5.32 Å². The van der Waals surface area contributed by atoms with Gasteiger partial charge in [-0.3, -0.25) is 14.5 Å². The lowest BCUT2D eigenvalue weighted by molar-refractivity contribution is -0.115. The van der Waals surface area contributed by atoms with Crippen LogP contribution in [0.1, 0.15) is 0 Å². The average Bonchev–Trinajstić information content (AvgIpc) is 3.04. The molecule has 0 bridgehead atoms. The summed E-state index contributed by atoms with van der Waals surface area (Å²) >= 11 is 1.18. The Morgan fingerprint density at radius 1 is 1.23 bits per heavy atom. The van der Waals surface area contributed by atoms with Gasteiger partial charge in [0.15, 0.2) is 0 Å². The van der Waals surface area contributed by atoms with Crippen molar-refractivity contribution in [1.82, 2.24) is 0 Å². The monoisotopic (exact) mass is 365 g/mol. The fourth-order valence-electron chi connectivity index (χ4n) is 2.48. The molecule has 0 aromatic heterocycles. The van der Waals surface area contributed by atoms with Crippen LogP contribution in [-0.2, 0) is 9.59 Å². The van der Waals surface area contributed by atoms with Gasteiger partial charge in [0.1, 0.15) is 22.4 Å². The molecule has 0 saturated carbocycles. The summed E-state index contributed by atoms with van der Waals surface area (Å²) in [6.07, 6.45) is 0. The number of hydrogen-bond donors (Lipinski definition) is 1. The van der Waals surface area contributed by atoms with Gasteiger partial charge in [-0.15, -0.1) is 0 Å². The number of carbonyl (C=O) groups is 2. The first-order valence-corrected chi connectivity index (χ1v) is 8.73. The highest BCUT2D eigenvalue weighted by Gasteiger charge is 2.33. The fraction of sp³-hybridized carbons (Fsp3) is 0.105. The van der Waals surface area contributed by atoms with Crippen molar-refractivity contribution in [2.24, 2.45) is 0 Å². The third kappa shape index (κ3) is 3.55. The Kier molecular flexibility index (Phi) is 5.25. The van der Waals surface area contributed by atoms with Crippen LogP contribution >= 0.6 is 11.8 Å². The van der Waals surface area contributed by atoms with Gasteiger partial charge < -0.3 is 10.1 Å². The topological polar surface area (TPSA) is 82.4 Å². The third-order valence-electron chi connectivity index (χ3n) is 3.68. The van der Waals surface area contributed by atoms with Crippen LogP contribution in [-0.4, -0.2) is 24.7 Å². The van der Waals surface area contributed by atoms with Crippen LogP contribution in [0.15, 0.2) is 65.2 Å². The molecule has 1 aliphatic rings. The van der Waals surface area contributed by atoms with Crippen molar-refractivity contribution in [1.29, 1.82) is 5.26 Å². The van der Waals surface area contributed by atoms with Crippen molar-refractivity contribution in [3.8, 4) is 11.8 Å². The van der Waals surface area contributed by atoms with Gasteiger partial charge in [0.2, 0.25) is 5.91 Å². The summed E-state index contributed by atoms with van der Waals surface area (Å²) in [7, 11) is 1.53. The zero-order valence-electron chi connectivity index (χ0n) is 13.9. The van der Waals surface area contributed by atoms with Crippen LogP contribution in [0.3, 0.4) is 0 Å². The number of rotatable bonds is 4. The van der Waals surface area contributed by atoms with Crippen molar-refractivity contribution in [3.05, 3.63) is 65.2 Å². The predicted molar refractivity (Wildman–Crippen MR) is 101 cm³/mol. The number of hydrogen-bond acceptors (Lipinski definition) is 5. The van der Waals surface area contributed by atoms with E-state index in [1.165, 1.54) is 23.8 Å². The summed E-state index contributed by atoms with van der Waals surface area (Å²) in [5.41, 5.74) is 1.02. The van der Waals surface area contributed by atoms with Gasteiger partial charge in [-0.25, -0.2) is 0 Å². The number of benzene rings is 2. The van der Waals surface area contributed by atoms with Gasteiger partial charge in [-0.1, -0.05) is 36.0 Å². The van der Waals surface area contributed by atoms with E-state index in [0.29, 0.717) is 22.2 Å². The number of nitrogens with zero attached hydrogens (tertiary/aromatic N) is 2. The molecule has 0 spiro atoms. The first-order valence-electron chi connectivity index (χ1n) is 7.74. The highest BCUT2D eigenvalue weighted by atomic mass is 32.2. The second-order valence-corrected chi connectivity index (χ2v) is 6.30. The fourth-order valence-corrected chi connectivity index (χ4v) is 3.49. The Morgan fingerprint density at radius 2 is 2.00 bits per heavy atom. The van der Waals surface area contributed by atoms with Crippen LogP contribution < -0.4 is 15.0 Å². The van der Waals surface area contributed by atoms with Crippen LogP contribution in [0.5, 0.6) is 5.75 Å². The van der Waals surface area contributed by atoms with Gasteiger partial charge in [-0.05, 0) is 24.3 Å². The molecule has 2 aromatic carbocycles. The molecule has 0 aliphatic carbocycles. The largest absolute Gasteiger partial charge is 0.497 e. The van der Waals surface area contributed by atoms with Gasteiger partial charge in [0.05, 0.1) is 12.9 Å². The summed E-state index contributed by atoms with van der Waals surface area (Å²) < 4.78 is 5.13. The van der Waals surface area contributed by atoms with Crippen molar-refractivity contribution in [3.63, 3.8) is 0 Å². The summed E-state index contributed by atoms with van der Waals surface area (Å²) in [6, 6.07) is 17.7. The van der Waals surface area contributed by atoms with Crippen molar-refractivity contribution < 1.29 is 14.3 Å². The SMILES string of the molecule is COc1cccc(NC(=O)/C(C#N)=C2/SCC(=O)N2c2ccccc2)c1. The van der Waals surface area contributed by atoms with E-state index >= 15 is 0 Å². The smallest absolute Gasteiger partial charge is 0.269 e. The molecule has 0 unspecified atom stereocenters. The molecule has 7 heteroatoms. The first kappa shape index (κ1) is 17.6. The quantitative estimate of drug-likeness (QED) is 0.665. The summed E-state index contributed by atoms with van der Waals surface area (Å²) in [5.74, 6) is 0.0317. The molecule has 1 N–H and O–H groups in total. The molecule has 130 valence electrons. The van der Waals surface area contributed by atoms with Crippen molar-refractivity contribution >= 4 is 35.0 Å². The molecule has 6 nitrogen and oxygen atoms in total. The molecule has 1 aliphatic heterocycles. The summed E-state index contributed by atoms with van der Waals surface area (Å²) in [5, 5.41) is 12.6. The molecule has 0 radical (unpaired) electrons. The number of para-hydroxylation sites is 1.